The van der Waals surface area contributed by atoms with E-state index >= 15 is 0 Å². The summed E-state index contributed by atoms with van der Waals surface area (Å²) in [5, 5.41) is 12.5. The van der Waals surface area contributed by atoms with E-state index in [0.29, 0.717) is 6.61 Å². The van der Waals surface area contributed by atoms with E-state index in [1.54, 1.807) is 13.8 Å². The number of ether oxygens (including phenoxy) is 1. The van der Waals surface area contributed by atoms with Crippen LogP contribution in [0.2, 0.25) is 0 Å². The molecule has 0 saturated heterocycles. The maximum Gasteiger partial charge on any atom is 0.0927 e. The summed E-state index contributed by atoms with van der Waals surface area (Å²) in [7, 11) is 0. The molecule has 0 aliphatic carbocycles. The van der Waals surface area contributed by atoms with Crippen LogP contribution in [0.15, 0.2) is 43.0 Å². The van der Waals surface area contributed by atoms with Crippen molar-refractivity contribution in [2.45, 2.75) is 58.7 Å². The smallest absolute Gasteiger partial charge is 0.0927 e. The highest BCUT2D eigenvalue weighted by Gasteiger charge is 2.31. The van der Waals surface area contributed by atoms with Gasteiger partial charge in [0.1, 0.15) is 0 Å². The lowest BCUT2D eigenvalue weighted by atomic mass is 9.85. The fourth-order valence-corrected chi connectivity index (χ4v) is 3.19. The Hall–Kier alpha value is -1.64. The van der Waals surface area contributed by atoms with Gasteiger partial charge in [0, 0.05) is 0 Å². The van der Waals surface area contributed by atoms with Crippen molar-refractivity contribution in [3.63, 3.8) is 0 Å². The zero-order valence-electron chi connectivity index (χ0n) is 15.6. The van der Waals surface area contributed by atoms with Crippen LogP contribution in [0.5, 0.6) is 0 Å². The lowest BCUT2D eigenvalue weighted by molar-refractivity contribution is -0.115. The molecule has 0 radical (unpaired) electrons. The van der Waals surface area contributed by atoms with Gasteiger partial charge < -0.3 is 9.84 Å². The SMILES string of the molecule is C=C(C)c1cccc2ccc(C(CC)(CC)OCC(C)(C)O)cc12. The molecule has 2 aromatic rings. The van der Waals surface area contributed by atoms with Crippen molar-refractivity contribution in [3.05, 3.63) is 54.1 Å². The molecule has 130 valence electrons. The Labute approximate surface area is 146 Å². The van der Waals surface area contributed by atoms with Gasteiger partial charge in [-0.15, -0.1) is 0 Å². The molecule has 0 unspecified atom stereocenters. The van der Waals surface area contributed by atoms with E-state index in [4.69, 9.17) is 4.74 Å². The minimum atomic E-state index is -0.838. The van der Waals surface area contributed by atoms with Crippen molar-refractivity contribution in [2.24, 2.45) is 0 Å². The standard InChI is InChI=1S/C22H30O2/c1-7-22(8-2,24-15-21(5,6)23)18-13-12-17-10-9-11-19(16(3)4)20(17)14-18/h9-14,23H,3,7-8,15H2,1-2,4-6H3. The van der Waals surface area contributed by atoms with E-state index in [1.807, 2.05) is 6.92 Å². The molecule has 0 aliphatic rings. The van der Waals surface area contributed by atoms with Crippen LogP contribution in [0.3, 0.4) is 0 Å². The van der Waals surface area contributed by atoms with Crippen LogP contribution < -0.4 is 0 Å². The molecule has 0 amide bonds. The molecule has 0 bridgehead atoms. The van der Waals surface area contributed by atoms with Crippen LogP contribution in [0.4, 0.5) is 0 Å². The van der Waals surface area contributed by atoms with Crippen molar-refractivity contribution >= 4 is 16.3 Å². The van der Waals surface area contributed by atoms with Gasteiger partial charge in [-0.25, -0.2) is 0 Å². The van der Waals surface area contributed by atoms with E-state index in [-0.39, 0.29) is 5.60 Å². The molecule has 2 rings (SSSR count). The Morgan fingerprint density at radius 2 is 1.79 bits per heavy atom. The average molecular weight is 326 g/mol. The first-order valence-corrected chi connectivity index (χ1v) is 8.78. The maximum atomic E-state index is 10.1. The van der Waals surface area contributed by atoms with Crippen molar-refractivity contribution < 1.29 is 9.84 Å². The fourth-order valence-electron chi connectivity index (χ4n) is 3.19. The number of fused-ring (bicyclic) bond motifs is 1. The highest BCUT2D eigenvalue weighted by Crippen LogP contribution is 2.36. The van der Waals surface area contributed by atoms with Crippen LogP contribution in [0.1, 0.15) is 58.6 Å². The molecule has 0 saturated carbocycles. The Balaban J connectivity index is 2.54. The van der Waals surface area contributed by atoms with Crippen molar-refractivity contribution in [1.29, 1.82) is 0 Å². The van der Waals surface area contributed by atoms with Crippen LogP contribution >= 0.6 is 0 Å². The molecule has 0 fully saturated rings. The summed E-state index contributed by atoms with van der Waals surface area (Å²) < 4.78 is 6.26. The van der Waals surface area contributed by atoms with E-state index in [9.17, 15) is 5.11 Å². The molecule has 0 aliphatic heterocycles. The van der Waals surface area contributed by atoms with Gasteiger partial charge in [0.15, 0.2) is 0 Å². The minimum absolute atomic E-state index is 0.314. The second-order valence-corrected chi connectivity index (χ2v) is 7.32. The van der Waals surface area contributed by atoms with Gasteiger partial charge in [-0.1, -0.05) is 56.3 Å². The van der Waals surface area contributed by atoms with Crippen molar-refractivity contribution in [1.82, 2.24) is 0 Å². The lowest BCUT2D eigenvalue weighted by Crippen LogP contribution is -2.36. The molecule has 2 nitrogen and oxygen atoms in total. The van der Waals surface area contributed by atoms with Crippen molar-refractivity contribution in [3.8, 4) is 0 Å². The maximum absolute atomic E-state index is 10.1. The highest BCUT2D eigenvalue weighted by atomic mass is 16.5. The number of aliphatic hydroxyl groups is 1. The largest absolute Gasteiger partial charge is 0.388 e. The van der Waals surface area contributed by atoms with Gasteiger partial charge in [-0.3, -0.25) is 0 Å². The third-order valence-electron chi connectivity index (χ3n) is 4.71. The first-order valence-electron chi connectivity index (χ1n) is 8.78. The summed E-state index contributed by atoms with van der Waals surface area (Å²) in [5.41, 5.74) is 2.19. The van der Waals surface area contributed by atoms with E-state index in [0.717, 1.165) is 24.0 Å². The van der Waals surface area contributed by atoms with Gasteiger partial charge in [0.25, 0.3) is 0 Å². The summed E-state index contributed by atoms with van der Waals surface area (Å²) in [6.45, 7) is 14.3. The number of allylic oxidation sites excluding steroid dienone is 1. The van der Waals surface area contributed by atoms with Gasteiger partial charge >= 0.3 is 0 Å². The molecule has 0 atom stereocenters. The van der Waals surface area contributed by atoms with Gasteiger partial charge in [-0.05, 0) is 61.6 Å². The number of hydrogen-bond donors (Lipinski definition) is 1. The Bertz CT molecular complexity index is 718. The molecule has 24 heavy (non-hydrogen) atoms. The number of rotatable bonds is 7. The molecule has 2 aromatic carbocycles. The monoisotopic (exact) mass is 326 g/mol. The third kappa shape index (κ3) is 3.88. The van der Waals surface area contributed by atoms with E-state index in [2.05, 4.69) is 56.8 Å². The lowest BCUT2D eigenvalue weighted by Gasteiger charge is -2.35. The Kier molecular flexibility index (Phi) is 5.52. The highest BCUT2D eigenvalue weighted by molar-refractivity contribution is 5.93. The summed E-state index contributed by atoms with van der Waals surface area (Å²) in [5.74, 6) is 0. The molecule has 0 spiro atoms. The predicted molar refractivity (Wildman–Crippen MR) is 103 cm³/mol. The molecule has 2 heteroatoms. The number of benzene rings is 2. The average Bonchev–Trinajstić information content (AvgIpc) is 2.54. The van der Waals surface area contributed by atoms with Gasteiger partial charge in [-0.2, -0.15) is 0 Å². The zero-order valence-corrected chi connectivity index (χ0v) is 15.6. The quantitative estimate of drug-likeness (QED) is 0.709. The second kappa shape index (κ2) is 7.08. The van der Waals surface area contributed by atoms with Gasteiger partial charge in [0.2, 0.25) is 0 Å². The minimum Gasteiger partial charge on any atom is -0.388 e. The van der Waals surface area contributed by atoms with Crippen LogP contribution in [-0.2, 0) is 10.3 Å². The van der Waals surface area contributed by atoms with Gasteiger partial charge in [0.05, 0.1) is 17.8 Å². The topological polar surface area (TPSA) is 29.5 Å². The molecule has 0 heterocycles. The zero-order chi connectivity index (χ0) is 18.0. The predicted octanol–water partition coefficient (Wildman–Crippen LogP) is 5.68. The first kappa shape index (κ1) is 18.7. The molecule has 1 N–H and O–H groups in total. The summed E-state index contributed by atoms with van der Waals surface area (Å²) in [6, 6.07) is 12.9. The third-order valence-corrected chi connectivity index (χ3v) is 4.71. The van der Waals surface area contributed by atoms with Crippen LogP contribution in [0, 0.1) is 0 Å². The molecular weight excluding hydrogens is 296 g/mol. The molecular formula is C22H30O2. The summed E-state index contributed by atoms with van der Waals surface area (Å²) >= 11 is 0. The number of hydrogen-bond acceptors (Lipinski definition) is 2. The van der Waals surface area contributed by atoms with E-state index < -0.39 is 5.60 Å². The van der Waals surface area contributed by atoms with Crippen molar-refractivity contribution in [2.75, 3.05) is 6.61 Å². The Morgan fingerprint density at radius 1 is 1.12 bits per heavy atom. The fraction of sp³-hybridized carbons (Fsp3) is 0.455. The molecule has 0 aromatic heterocycles. The Morgan fingerprint density at radius 3 is 2.33 bits per heavy atom. The van der Waals surface area contributed by atoms with Crippen LogP contribution in [-0.4, -0.2) is 17.3 Å². The summed E-state index contributed by atoms with van der Waals surface area (Å²) in [6.07, 6.45) is 1.72. The normalized spacial score (nSPS) is 12.6. The van der Waals surface area contributed by atoms with Crippen LogP contribution in [0.25, 0.3) is 16.3 Å². The first-order chi connectivity index (χ1) is 11.2. The van der Waals surface area contributed by atoms with E-state index in [1.165, 1.54) is 16.3 Å². The summed E-state index contributed by atoms with van der Waals surface area (Å²) in [4.78, 5) is 0. The second-order valence-electron chi connectivity index (χ2n) is 7.32.